The predicted molar refractivity (Wildman–Crippen MR) is 165 cm³/mol. The molecule has 4 aromatic carbocycles. The van der Waals surface area contributed by atoms with Crippen molar-refractivity contribution in [3.8, 4) is 28.4 Å². The molecule has 0 fully saturated rings. The quantitative estimate of drug-likeness (QED) is 0.230. The van der Waals surface area contributed by atoms with Gasteiger partial charge in [-0.25, -0.2) is 0 Å². The van der Waals surface area contributed by atoms with Crippen LogP contribution in [0.1, 0.15) is 31.9 Å². The Morgan fingerprint density at radius 2 is 1.30 bits per heavy atom. The number of rotatable bonds is 11. The largest absolute Gasteiger partial charge is 0.497 e. The number of methoxy groups -OCH3 is 3. The second-order valence-corrected chi connectivity index (χ2v) is 15.1. The summed E-state index contributed by atoms with van der Waals surface area (Å²) in [5.41, 5.74) is 3.49. The number of aliphatic hydroxyl groups is 1. The molecule has 0 amide bonds. The highest BCUT2D eigenvalue weighted by molar-refractivity contribution is 6.99. The zero-order valence-corrected chi connectivity index (χ0v) is 25.4. The van der Waals surface area contributed by atoms with Gasteiger partial charge in [0.15, 0.2) is 11.5 Å². The van der Waals surface area contributed by atoms with Gasteiger partial charge in [0.1, 0.15) is 5.75 Å². The van der Waals surface area contributed by atoms with Crippen LogP contribution < -0.4 is 24.6 Å². The van der Waals surface area contributed by atoms with Crippen molar-refractivity contribution in [2.75, 3.05) is 27.9 Å². The van der Waals surface area contributed by atoms with Gasteiger partial charge in [-0.2, -0.15) is 0 Å². The molecule has 5 nitrogen and oxygen atoms in total. The van der Waals surface area contributed by atoms with Crippen LogP contribution in [0.5, 0.6) is 17.2 Å². The molecular weight excluding hydrogens is 516 g/mol. The van der Waals surface area contributed by atoms with E-state index in [1.807, 2.05) is 42.5 Å². The van der Waals surface area contributed by atoms with Crippen molar-refractivity contribution in [1.82, 2.24) is 0 Å². The van der Waals surface area contributed by atoms with Crippen molar-refractivity contribution in [2.24, 2.45) is 0 Å². The molecule has 1 N–H and O–H groups in total. The summed E-state index contributed by atoms with van der Waals surface area (Å²) in [5, 5.41) is 13.0. The van der Waals surface area contributed by atoms with E-state index in [4.69, 9.17) is 18.6 Å². The van der Waals surface area contributed by atoms with Crippen LogP contribution in [-0.2, 0) is 17.5 Å². The number of ether oxygens (including phenoxy) is 3. The molecule has 40 heavy (non-hydrogen) atoms. The average Bonchev–Trinajstić information content (AvgIpc) is 2.98. The van der Waals surface area contributed by atoms with Gasteiger partial charge < -0.3 is 23.7 Å². The van der Waals surface area contributed by atoms with Gasteiger partial charge in [0, 0.05) is 12.2 Å². The summed E-state index contributed by atoms with van der Waals surface area (Å²) < 4.78 is 24.1. The molecule has 0 radical (unpaired) electrons. The molecule has 0 bridgehead atoms. The lowest BCUT2D eigenvalue weighted by Crippen LogP contribution is -2.66. The first-order valence-corrected chi connectivity index (χ1v) is 15.5. The fraction of sp³-hybridized carbons (Fsp3) is 0.294. The highest BCUT2D eigenvalue weighted by atomic mass is 28.4. The third-order valence-corrected chi connectivity index (χ3v) is 12.6. The molecule has 210 valence electrons. The van der Waals surface area contributed by atoms with Crippen molar-refractivity contribution in [3.63, 3.8) is 0 Å². The maximum atomic E-state index is 10.6. The minimum absolute atomic E-state index is 0.124. The van der Waals surface area contributed by atoms with Crippen LogP contribution in [-0.4, -0.2) is 41.4 Å². The molecule has 0 heterocycles. The van der Waals surface area contributed by atoms with E-state index in [0.717, 1.165) is 28.0 Å². The number of aliphatic hydroxyl groups excluding tert-OH is 1. The topological polar surface area (TPSA) is 57.2 Å². The number of hydrogen-bond donors (Lipinski definition) is 1. The SMILES string of the molecule is COc1ccc(-c2c(CO)c(CCO[Si](c3ccccc3)(c3ccccc3)C(C)(C)C)cc(OC)c2OC)cc1. The standard InChI is InChI=1S/C34H40O5Si/c1-34(2,3)40(28-13-9-7-10-14-28,29-15-11-8-12-16-29)39-22-21-26-23-31(37-5)33(38-6)32(30(26)24-35)25-17-19-27(36-4)20-18-25/h7-20,23,35H,21-22,24H2,1-6H3. The third kappa shape index (κ3) is 5.66. The molecule has 0 unspecified atom stereocenters. The van der Waals surface area contributed by atoms with Crippen molar-refractivity contribution < 1.29 is 23.7 Å². The van der Waals surface area contributed by atoms with Gasteiger partial charge in [0.2, 0.25) is 0 Å². The highest BCUT2D eigenvalue weighted by Gasteiger charge is 2.50. The van der Waals surface area contributed by atoms with Crippen molar-refractivity contribution in [1.29, 1.82) is 0 Å². The zero-order valence-electron chi connectivity index (χ0n) is 24.4. The molecule has 4 aromatic rings. The van der Waals surface area contributed by atoms with Gasteiger partial charge in [-0.15, -0.1) is 0 Å². The molecule has 4 rings (SSSR count). The lowest BCUT2D eigenvalue weighted by molar-refractivity contribution is 0.275. The van der Waals surface area contributed by atoms with Gasteiger partial charge in [0.05, 0.1) is 27.9 Å². The monoisotopic (exact) mass is 556 g/mol. The van der Waals surface area contributed by atoms with E-state index in [-0.39, 0.29) is 11.6 Å². The third-order valence-electron chi connectivity index (χ3n) is 7.51. The molecule has 0 saturated carbocycles. The van der Waals surface area contributed by atoms with E-state index < -0.39 is 8.32 Å². The number of hydrogen-bond acceptors (Lipinski definition) is 5. The summed E-state index contributed by atoms with van der Waals surface area (Å²) in [7, 11) is 2.21. The van der Waals surface area contributed by atoms with Crippen LogP contribution in [0, 0.1) is 0 Å². The van der Waals surface area contributed by atoms with Crippen LogP contribution in [0.3, 0.4) is 0 Å². The van der Waals surface area contributed by atoms with Crippen molar-refractivity contribution in [3.05, 3.63) is 102 Å². The summed E-state index contributed by atoms with van der Waals surface area (Å²) in [6, 6.07) is 31.0. The molecule has 6 heteroatoms. The first-order valence-electron chi connectivity index (χ1n) is 13.6. The smallest absolute Gasteiger partial charge is 0.261 e. The molecule has 0 aliphatic heterocycles. The second kappa shape index (κ2) is 12.7. The van der Waals surface area contributed by atoms with Gasteiger partial charge in [0.25, 0.3) is 8.32 Å². The Morgan fingerprint density at radius 1 is 0.725 bits per heavy atom. The maximum Gasteiger partial charge on any atom is 0.261 e. The Labute approximate surface area is 239 Å². The van der Waals surface area contributed by atoms with Gasteiger partial charge in [-0.3, -0.25) is 0 Å². The molecule has 0 spiro atoms. The normalized spacial score (nSPS) is 11.8. The fourth-order valence-electron chi connectivity index (χ4n) is 5.63. The Morgan fingerprint density at radius 3 is 1.75 bits per heavy atom. The average molecular weight is 557 g/mol. The lowest BCUT2D eigenvalue weighted by Gasteiger charge is -2.43. The lowest BCUT2D eigenvalue weighted by atomic mass is 9.92. The van der Waals surface area contributed by atoms with Crippen molar-refractivity contribution >= 4 is 18.7 Å². The van der Waals surface area contributed by atoms with E-state index in [9.17, 15) is 5.11 Å². The highest BCUT2D eigenvalue weighted by Crippen LogP contribution is 2.43. The zero-order chi connectivity index (χ0) is 28.8. The minimum atomic E-state index is -2.69. The van der Waals surface area contributed by atoms with E-state index in [2.05, 4.69) is 69.3 Å². The summed E-state index contributed by atoms with van der Waals surface area (Å²) in [6.45, 7) is 7.16. The summed E-state index contributed by atoms with van der Waals surface area (Å²) in [5.74, 6) is 1.97. The second-order valence-electron chi connectivity index (χ2n) is 10.8. The van der Waals surface area contributed by atoms with Gasteiger partial charge in [-0.05, 0) is 56.7 Å². The Bertz CT molecular complexity index is 1340. The summed E-state index contributed by atoms with van der Waals surface area (Å²) in [6.07, 6.45) is 0.601. The van der Waals surface area contributed by atoms with Gasteiger partial charge >= 0.3 is 0 Å². The fourth-order valence-corrected chi connectivity index (χ4v) is 10.2. The molecule has 0 aliphatic carbocycles. The Hall–Kier alpha value is -3.58. The van der Waals surface area contributed by atoms with Crippen LogP contribution >= 0.6 is 0 Å². The Kier molecular flexibility index (Phi) is 9.35. The first kappa shape index (κ1) is 29.4. The molecule has 0 aromatic heterocycles. The van der Waals surface area contributed by atoms with Crippen molar-refractivity contribution in [2.45, 2.75) is 38.8 Å². The minimum Gasteiger partial charge on any atom is -0.497 e. The van der Waals surface area contributed by atoms with Crippen LogP contribution in [0.4, 0.5) is 0 Å². The predicted octanol–water partition coefficient (Wildman–Crippen LogP) is 5.99. The van der Waals surface area contributed by atoms with E-state index in [0.29, 0.717) is 24.5 Å². The first-order chi connectivity index (χ1) is 19.3. The molecular formula is C34H40O5Si. The van der Waals surface area contributed by atoms with Gasteiger partial charge in [-0.1, -0.05) is 93.6 Å². The van der Waals surface area contributed by atoms with Crippen LogP contribution in [0.2, 0.25) is 5.04 Å². The molecule has 0 atom stereocenters. The van der Waals surface area contributed by atoms with E-state index in [1.165, 1.54) is 10.4 Å². The van der Waals surface area contributed by atoms with Crippen LogP contribution in [0.15, 0.2) is 91.0 Å². The summed E-state index contributed by atoms with van der Waals surface area (Å²) >= 11 is 0. The van der Waals surface area contributed by atoms with E-state index in [1.54, 1.807) is 21.3 Å². The maximum absolute atomic E-state index is 10.6. The summed E-state index contributed by atoms with van der Waals surface area (Å²) in [4.78, 5) is 0. The van der Waals surface area contributed by atoms with E-state index >= 15 is 0 Å². The number of benzene rings is 4. The molecule has 0 aliphatic rings. The Balaban J connectivity index is 1.78. The molecule has 0 saturated heterocycles. The van der Waals surface area contributed by atoms with Crippen LogP contribution in [0.25, 0.3) is 11.1 Å².